The Bertz CT molecular complexity index is 281. The van der Waals surface area contributed by atoms with Gasteiger partial charge in [-0.25, -0.2) is 4.39 Å². The molecule has 64 valence electrons. The molecule has 0 N–H and O–H groups in total. The molecule has 1 rings (SSSR count). The van der Waals surface area contributed by atoms with Crippen LogP contribution >= 0.6 is 0 Å². The van der Waals surface area contributed by atoms with Crippen molar-refractivity contribution in [1.29, 1.82) is 0 Å². The first-order valence-corrected chi connectivity index (χ1v) is 3.71. The summed E-state index contributed by atoms with van der Waals surface area (Å²) in [4.78, 5) is 0. The van der Waals surface area contributed by atoms with Crippen molar-refractivity contribution in [3.05, 3.63) is 42.2 Å². The van der Waals surface area contributed by atoms with Crippen molar-refractivity contribution in [3.8, 4) is 5.75 Å². The summed E-state index contributed by atoms with van der Waals surface area (Å²) in [5.74, 6) is 0.257. The lowest BCUT2D eigenvalue weighted by Gasteiger charge is -2.04. The molecule has 0 atom stereocenters. The predicted octanol–water partition coefficient (Wildman–Crippen LogP) is 2.78. The predicted molar refractivity (Wildman–Crippen MR) is 46.7 cm³/mol. The molecule has 0 aliphatic rings. The molecular weight excluding hydrogens is 155 g/mol. The molecule has 0 amide bonds. The number of halogens is 1. The quantitative estimate of drug-likeness (QED) is 0.627. The van der Waals surface area contributed by atoms with Gasteiger partial charge in [0.2, 0.25) is 0 Å². The van der Waals surface area contributed by atoms with E-state index in [9.17, 15) is 4.39 Å². The highest BCUT2D eigenvalue weighted by Crippen LogP contribution is 2.12. The van der Waals surface area contributed by atoms with Gasteiger partial charge in [0.1, 0.15) is 18.2 Å². The number of benzene rings is 1. The summed E-state index contributed by atoms with van der Waals surface area (Å²) >= 11 is 0. The van der Waals surface area contributed by atoms with E-state index in [4.69, 9.17) is 4.74 Å². The van der Waals surface area contributed by atoms with E-state index in [1.165, 1.54) is 12.1 Å². The van der Waals surface area contributed by atoms with E-state index < -0.39 is 0 Å². The molecular formula is C10H11FO. The van der Waals surface area contributed by atoms with Gasteiger partial charge < -0.3 is 4.74 Å². The summed E-state index contributed by atoms with van der Waals surface area (Å²) < 4.78 is 17.8. The van der Waals surface area contributed by atoms with Crippen LogP contribution < -0.4 is 4.74 Å². The average Bonchev–Trinajstić information content (AvgIpc) is 2.01. The number of ether oxygens (including phenoxy) is 1. The van der Waals surface area contributed by atoms with E-state index in [1.807, 2.05) is 6.92 Å². The highest BCUT2D eigenvalue weighted by molar-refractivity contribution is 5.22. The van der Waals surface area contributed by atoms with Crippen molar-refractivity contribution >= 4 is 0 Å². The van der Waals surface area contributed by atoms with Gasteiger partial charge in [0, 0.05) is 6.07 Å². The minimum Gasteiger partial charge on any atom is -0.489 e. The zero-order chi connectivity index (χ0) is 8.97. The maximum atomic E-state index is 12.6. The van der Waals surface area contributed by atoms with E-state index in [-0.39, 0.29) is 5.82 Å². The summed E-state index contributed by atoms with van der Waals surface area (Å²) in [6.45, 7) is 5.97. The Morgan fingerprint density at radius 2 is 2.33 bits per heavy atom. The molecule has 0 aliphatic carbocycles. The van der Waals surface area contributed by atoms with Crippen LogP contribution in [0.1, 0.15) is 6.92 Å². The first-order valence-electron chi connectivity index (χ1n) is 3.71. The number of rotatable bonds is 3. The fourth-order valence-corrected chi connectivity index (χ4v) is 0.763. The highest BCUT2D eigenvalue weighted by Gasteiger charge is 1.94. The fraction of sp³-hybridized carbons (Fsp3) is 0.200. The van der Waals surface area contributed by atoms with E-state index in [1.54, 1.807) is 12.1 Å². The first kappa shape index (κ1) is 8.78. The third kappa shape index (κ3) is 2.74. The van der Waals surface area contributed by atoms with Crippen molar-refractivity contribution in [3.63, 3.8) is 0 Å². The van der Waals surface area contributed by atoms with Gasteiger partial charge in [-0.1, -0.05) is 12.6 Å². The number of hydrogen-bond acceptors (Lipinski definition) is 1. The Morgan fingerprint density at radius 3 is 2.92 bits per heavy atom. The molecule has 1 nitrogen and oxygen atoms in total. The maximum absolute atomic E-state index is 12.6. The molecule has 0 fully saturated rings. The molecule has 0 spiro atoms. The molecule has 0 aromatic heterocycles. The summed E-state index contributed by atoms with van der Waals surface area (Å²) in [7, 11) is 0. The zero-order valence-corrected chi connectivity index (χ0v) is 7.01. The van der Waals surface area contributed by atoms with E-state index in [2.05, 4.69) is 6.58 Å². The van der Waals surface area contributed by atoms with Crippen molar-refractivity contribution in [2.45, 2.75) is 6.92 Å². The minimum absolute atomic E-state index is 0.283. The van der Waals surface area contributed by atoms with Gasteiger partial charge in [-0.05, 0) is 24.6 Å². The standard InChI is InChI=1S/C10H11FO/c1-8(2)7-12-10-5-3-4-9(11)6-10/h3-6H,1,7H2,2H3. The first-order chi connectivity index (χ1) is 5.68. The van der Waals surface area contributed by atoms with Crippen LogP contribution in [0.25, 0.3) is 0 Å². The Labute approximate surface area is 71.5 Å². The van der Waals surface area contributed by atoms with Gasteiger partial charge in [-0.15, -0.1) is 0 Å². The third-order valence-corrected chi connectivity index (χ3v) is 1.28. The van der Waals surface area contributed by atoms with Gasteiger partial charge in [-0.3, -0.25) is 0 Å². The second-order valence-electron chi connectivity index (χ2n) is 2.70. The van der Waals surface area contributed by atoms with Crippen molar-refractivity contribution in [2.24, 2.45) is 0 Å². The monoisotopic (exact) mass is 166 g/mol. The van der Waals surface area contributed by atoms with Gasteiger partial charge in [0.15, 0.2) is 0 Å². The third-order valence-electron chi connectivity index (χ3n) is 1.28. The molecule has 0 unspecified atom stereocenters. The van der Waals surface area contributed by atoms with Crippen LogP contribution in [0.5, 0.6) is 5.75 Å². The van der Waals surface area contributed by atoms with Gasteiger partial charge in [0.05, 0.1) is 0 Å². The molecule has 0 saturated heterocycles. The largest absolute Gasteiger partial charge is 0.489 e. The second kappa shape index (κ2) is 3.90. The summed E-state index contributed by atoms with van der Waals surface area (Å²) in [6.07, 6.45) is 0. The molecule has 0 aliphatic heterocycles. The summed E-state index contributed by atoms with van der Waals surface area (Å²) in [5.41, 5.74) is 0.916. The molecule has 0 saturated carbocycles. The smallest absolute Gasteiger partial charge is 0.126 e. The van der Waals surface area contributed by atoms with Crippen molar-refractivity contribution < 1.29 is 9.13 Å². The van der Waals surface area contributed by atoms with Crippen LogP contribution in [-0.2, 0) is 0 Å². The maximum Gasteiger partial charge on any atom is 0.126 e. The van der Waals surface area contributed by atoms with Gasteiger partial charge in [-0.2, -0.15) is 0 Å². The normalized spacial score (nSPS) is 9.50. The molecule has 0 radical (unpaired) electrons. The molecule has 2 heteroatoms. The van der Waals surface area contributed by atoms with Crippen LogP contribution in [0.2, 0.25) is 0 Å². The second-order valence-corrected chi connectivity index (χ2v) is 2.70. The SMILES string of the molecule is C=C(C)COc1cccc(F)c1. The molecule has 12 heavy (non-hydrogen) atoms. The Balaban J connectivity index is 2.57. The van der Waals surface area contributed by atoms with Gasteiger partial charge >= 0.3 is 0 Å². The zero-order valence-electron chi connectivity index (χ0n) is 7.01. The molecule has 1 aromatic carbocycles. The minimum atomic E-state index is -0.283. The van der Waals surface area contributed by atoms with E-state index >= 15 is 0 Å². The van der Waals surface area contributed by atoms with Crippen molar-refractivity contribution in [2.75, 3.05) is 6.61 Å². The lowest BCUT2D eigenvalue weighted by Crippen LogP contribution is -1.97. The highest BCUT2D eigenvalue weighted by atomic mass is 19.1. The molecule has 1 aromatic rings. The fourth-order valence-electron chi connectivity index (χ4n) is 0.763. The lowest BCUT2D eigenvalue weighted by molar-refractivity contribution is 0.350. The molecule has 0 bridgehead atoms. The van der Waals surface area contributed by atoms with Crippen LogP contribution in [0.3, 0.4) is 0 Å². The average molecular weight is 166 g/mol. The van der Waals surface area contributed by atoms with E-state index in [0.717, 1.165) is 5.57 Å². The van der Waals surface area contributed by atoms with Gasteiger partial charge in [0.25, 0.3) is 0 Å². The lowest BCUT2D eigenvalue weighted by atomic mass is 10.3. The summed E-state index contributed by atoms with van der Waals surface area (Å²) in [5, 5.41) is 0. The van der Waals surface area contributed by atoms with E-state index in [0.29, 0.717) is 12.4 Å². The van der Waals surface area contributed by atoms with Crippen LogP contribution in [0, 0.1) is 5.82 Å². The van der Waals surface area contributed by atoms with Crippen LogP contribution in [-0.4, -0.2) is 6.61 Å². The Hall–Kier alpha value is -1.31. The summed E-state index contributed by atoms with van der Waals surface area (Å²) in [6, 6.07) is 6.06. The molecule has 0 heterocycles. The van der Waals surface area contributed by atoms with Crippen LogP contribution in [0.15, 0.2) is 36.4 Å². The Kier molecular flexibility index (Phi) is 2.86. The Morgan fingerprint density at radius 1 is 1.58 bits per heavy atom. The van der Waals surface area contributed by atoms with Crippen LogP contribution in [0.4, 0.5) is 4.39 Å². The topological polar surface area (TPSA) is 9.23 Å². The van der Waals surface area contributed by atoms with Crippen molar-refractivity contribution in [1.82, 2.24) is 0 Å². The number of hydrogen-bond donors (Lipinski definition) is 0.